The lowest BCUT2D eigenvalue weighted by atomic mass is 9.96. The SMILES string of the molecule is CCOC(=O)c1cn(C2CC2)c2c(C)c(-c3cnc(NC(C)=O)c(C)c3)ccc2c1=O. The van der Waals surface area contributed by atoms with Crippen molar-refractivity contribution in [3.63, 3.8) is 0 Å². The number of benzene rings is 1. The van der Waals surface area contributed by atoms with E-state index in [1.165, 1.54) is 6.92 Å². The molecule has 2 aromatic heterocycles. The highest BCUT2D eigenvalue weighted by Gasteiger charge is 2.28. The molecule has 3 aromatic rings. The maximum Gasteiger partial charge on any atom is 0.343 e. The summed E-state index contributed by atoms with van der Waals surface area (Å²) in [6.07, 6.45) is 5.39. The summed E-state index contributed by atoms with van der Waals surface area (Å²) in [6, 6.07) is 5.91. The molecule has 0 spiro atoms. The standard InChI is InChI=1S/C24H25N3O4/c1-5-31-24(30)20-12-27(17-6-7-17)21-14(3)18(8-9-19(21)22(20)29)16-10-13(2)23(25-11-16)26-15(4)28/h8-12,17H,5-7H2,1-4H3,(H,25,26,28). The van der Waals surface area contributed by atoms with Gasteiger partial charge in [0.25, 0.3) is 0 Å². The van der Waals surface area contributed by atoms with E-state index in [1.54, 1.807) is 25.4 Å². The second-order valence-corrected chi connectivity index (χ2v) is 7.94. The molecule has 0 unspecified atom stereocenters. The van der Waals surface area contributed by atoms with E-state index in [2.05, 4.69) is 10.3 Å². The summed E-state index contributed by atoms with van der Waals surface area (Å²) in [7, 11) is 0. The highest BCUT2D eigenvalue weighted by molar-refractivity contribution is 5.96. The van der Waals surface area contributed by atoms with E-state index in [9.17, 15) is 14.4 Å². The van der Waals surface area contributed by atoms with Gasteiger partial charge in [-0.25, -0.2) is 9.78 Å². The van der Waals surface area contributed by atoms with E-state index in [0.717, 1.165) is 40.6 Å². The van der Waals surface area contributed by atoms with Crippen LogP contribution in [0.25, 0.3) is 22.0 Å². The number of amides is 1. The summed E-state index contributed by atoms with van der Waals surface area (Å²) in [4.78, 5) is 41.2. The first-order chi connectivity index (χ1) is 14.8. The first kappa shape index (κ1) is 20.8. The third-order valence-corrected chi connectivity index (χ3v) is 5.57. The Bertz CT molecular complexity index is 1270. The molecule has 1 amide bonds. The lowest BCUT2D eigenvalue weighted by molar-refractivity contribution is -0.114. The minimum Gasteiger partial charge on any atom is -0.462 e. The number of ether oxygens (including phenoxy) is 1. The van der Waals surface area contributed by atoms with Crippen molar-refractivity contribution in [2.75, 3.05) is 11.9 Å². The summed E-state index contributed by atoms with van der Waals surface area (Å²) >= 11 is 0. The minimum atomic E-state index is -0.584. The number of aryl methyl sites for hydroxylation is 2. The Morgan fingerprint density at radius 2 is 2.00 bits per heavy atom. The Hall–Kier alpha value is -3.48. The third-order valence-electron chi connectivity index (χ3n) is 5.57. The first-order valence-corrected chi connectivity index (χ1v) is 10.4. The largest absolute Gasteiger partial charge is 0.462 e. The number of hydrogen-bond acceptors (Lipinski definition) is 5. The van der Waals surface area contributed by atoms with Gasteiger partial charge in [0, 0.05) is 36.3 Å². The molecule has 0 atom stereocenters. The number of fused-ring (bicyclic) bond motifs is 1. The summed E-state index contributed by atoms with van der Waals surface area (Å²) < 4.78 is 7.15. The molecular formula is C24H25N3O4. The van der Waals surface area contributed by atoms with Crippen LogP contribution in [0.2, 0.25) is 0 Å². The van der Waals surface area contributed by atoms with Gasteiger partial charge >= 0.3 is 5.97 Å². The Morgan fingerprint density at radius 3 is 2.61 bits per heavy atom. The fraction of sp³-hybridized carbons (Fsp3) is 0.333. The van der Waals surface area contributed by atoms with Gasteiger partial charge in [-0.15, -0.1) is 0 Å². The fourth-order valence-electron chi connectivity index (χ4n) is 3.95. The van der Waals surface area contributed by atoms with E-state index in [4.69, 9.17) is 4.74 Å². The maximum atomic E-state index is 13.1. The average molecular weight is 419 g/mol. The van der Waals surface area contributed by atoms with Gasteiger partial charge in [0.2, 0.25) is 11.3 Å². The molecule has 1 fully saturated rings. The first-order valence-electron chi connectivity index (χ1n) is 10.4. The van der Waals surface area contributed by atoms with Crippen LogP contribution in [0, 0.1) is 13.8 Å². The van der Waals surface area contributed by atoms with E-state index in [1.807, 2.05) is 30.5 Å². The molecule has 31 heavy (non-hydrogen) atoms. The van der Waals surface area contributed by atoms with Crippen LogP contribution in [-0.2, 0) is 9.53 Å². The molecule has 7 heteroatoms. The van der Waals surface area contributed by atoms with Crippen molar-refractivity contribution >= 4 is 28.6 Å². The lowest BCUT2D eigenvalue weighted by Gasteiger charge is -2.17. The van der Waals surface area contributed by atoms with Gasteiger partial charge in [0.15, 0.2) is 0 Å². The van der Waals surface area contributed by atoms with Crippen molar-refractivity contribution in [2.24, 2.45) is 0 Å². The van der Waals surface area contributed by atoms with Gasteiger partial charge in [-0.05, 0) is 62.4 Å². The number of rotatable bonds is 5. The predicted molar refractivity (Wildman–Crippen MR) is 119 cm³/mol. The third kappa shape index (κ3) is 3.83. The molecule has 1 aliphatic rings. The van der Waals surface area contributed by atoms with Crippen molar-refractivity contribution in [2.45, 2.75) is 46.6 Å². The molecule has 1 aromatic carbocycles. The number of nitrogens with one attached hydrogen (secondary N) is 1. The summed E-state index contributed by atoms with van der Waals surface area (Å²) in [5, 5.41) is 3.24. The number of hydrogen-bond donors (Lipinski definition) is 1. The molecule has 1 saturated carbocycles. The molecule has 0 bridgehead atoms. The van der Waals surface area contributed by atoms with Gasteiger partial charge in [-0.1, -0.05) is 6.07 Å². The van der Waals surface area contributed by atoms with Crippen LogP contribution < -0.4 is 10.7 Å². The van der Waals surface area contributed by atoms with Crippen LogP contribution in [0.15, 0.2) is 35.4 Å². The normalized spacial score (nSPS) is 13.3. The van der Waals surface area contributed by atoms with Crippen LogP contribution in [0.5, 0.6) is 0 Å². The number of anilines is 1. The number of esters is 1. The van der Waals surface area contributed by atoms with E-state index >= 15 is 0 Å². The molecule has 0 radical (unpaired) electrons. The number of carbonyl (C=O) groups is 2. The number of carbonyl (C=O) groups excluding carboxylic acids is 2. The average Bonchev–Trinajstić information content (AvgIpc) is 3.55. The highest BCUT2D eigenvalue weighted by atomic mass is 16.5. The van der Waals surface area contributed by atoms with Gasteiger partial charge in [0.05, 0.1) is 12.1 Å². The fourth-order valence-corrected chi connectivity index (χ4v) is 3.95. The smallest absolute Gasteiger partial charge is 0.343 e. The summed E-state index contributed by atoms with van der Waals surface area (Å²) in [5.74, 6) is -0.223. The second kappa shape index (κ2) is 7.98. The van der Waals surface area contributed by atoms with Crippen molar-refractivity contribution in [1.29, 1.82) is 0 Å². The number of aromatic nitrogens is 2. The van der Waals surface area contributed by atoms with Crippen LogP contribution >= 0.6 is 0 Å². The quantitative estimate of drug-likeness (QED) is 0.628. The van der Waals surface area contributed by atoms with Crippen molar-refractivity contribution in [1.82, 2.24) is 9.55 Å². The van der Waals surface area contributed by atoms with Crippen LogP contribution in [0.4, 0.5) is 5.82 Å². The second-order valence-electron chi connectivity index (χ2n) is 7.94. The Labute approximate surface area is 180 Å². The Kier molecular flexibility index (Phi) is 5.35. The Balaban J connectivity index is 1.90. The van der Waals surface area contributed by atoms with Crippen LogP contribution in [0.3, 0.4) is 0 Å². The van der Waals surface area contributed by atoms with Gasteiger partial charge in [-0.2, -0.15) is 0 Å². The topological polar surface area (TPSA) is 90.3 Å². The zero-order chi connectivity index (χ0) is 22.3. The molecule has 4 rings (SSSR count). The Morgan fingerprint density at radius 1 is 1.26 bits per heavy atom. The summed E-state index contributed by atoms with van der Waals surface area (Å²) in [6.45, 7) is 7.27. The molecule has 160 valence electrons. The number of nitrogens with zero attached hydrogens (tertiary/aromatic N) is 2. The highest BCUT2D eigenvalue weighted by Crippen LogP contribution is 2.39. The molecule has 0 aliphatic heterocycles. The van der Waals surface area contributed by atoms with Crippen molar-refractivity contribution < 1.29 is 14.3 Å². The van der Waals surface area contributed by atoms with Crippen molar-refractivity contribution in [3.05, 3.63) is 57.5 Å². The van der Waals surface area contributed by atoms with Gasteiger partial charge in [-0.3, -0.25) is 9.59 Å². The maximum absolute atomic E-state index is 13.1. The predicted octanol–water partition coefficient (Wildman–Crippen LogP) is 4.15. The van der Waals surface area contributed by atoms with Gasteiger partial charge in [0.1, 0.15) is 11.4 Å². The molecule has 1 N–H and O–H groups in total. The number of pyridine rings is 2. The zero-order valence-corrected chi connectivity index (χ0v) is 18.1. The molecule has 1 aliphatic carbocycles. The monoisotopic (exact) mass is 419 g/mol. The lowest BCUT2D eigenvalue weighted by Crippen LogP contribution is -2.21. The summed E-state index contributed by atoms with van der Waals surface area (Å²) in [5.41, 5.74) is 4.25. The molecule has 0 saturated heterocycles. The van der Waals surface area contributed by atoms with Gasteiger partial charge < -0.3 is 14.6 Å². The van der Waals surface area contributed by atoms with E-state index in [-0.39, 0.29) is 29.5 Å². The van der Waals surface area contributed by atoms with E-state index in [0.29, 0.717) is 11.2 Å². The molecular weight excluding hydrogens is 394 g/mol. The molecule has 2 heterocycles. The van der Waals surface area contributed by atoms with Crippen molar-refractivity contribution in [3.8, 4) is 11.1 Å². The minimum absolute atomic E-state index is 0.0746. The van der Waals surface area contributed by atoms with Crippen LogP contribution in [0.1, 0.15) is 54.2 Å². The zero-order valence-electron chi connectivity index (χ0n) is 18.1. The van der Waals surface area contributed by atoms with Crippen LogP contribution in [-0.4, -0.2) is 28.0 Å². The molecule has 7 nitrogen and oxygen atoms in total. The van der Waals surface area contributed by atoms with E-state index < -0.39 is 5.97 Å².